The molecule has 0 aromatic heterocycles. The highest BCUT2D eigenvalue weighted by Gasteiger charge is 2.44. The molecule has 0 aliphatic heterocycles. The molecule has 2 atom stereocenters. The second-order valence-electron chi connectivity index (χ2n) is 11.2. The van der Waals surface area contributed by atoms with Crippen molar-refractivity contribution in [1.29, 1.82) is 0 Å². The Morgan fingerprint density at radius 1 is 0.902 bits per heavy atom. The number of nitrogens with one attached hydrogen (secondary N) is 3. The molecule has 1 fully saturated rings. The largest absolute Gasteiger partial charge is 0.496 e. The van der Waals surface area contributed by atoms with Gasteiger partial charge in [0.05, 0.1) is 7.11 Å². The Hall–Kier alpha value is -4.13. The van der Waals surface area contributed by atoms with Crippen LogP contribution in [0.1, 0.15) is 65.6 Å². The monoisotopic (exact) mass is 553 g/mol. The number of benzene rings is 3. The van der Waals surface area contributed by atoms with Crippen LogP contribution in [0, 0.1) is 0 Å². The number of hydrogen-bond donors (Lipinski definition) is 3. The van der Waals surface area contributed by atoms with Crippen molar-refractivity contribution in [3.8, 4) is 5.75 Å². The summed E-state index contributed by atoms with van der Waals surface area (Å²) in [5, 5.41) is 9.38. The van der Waals surface area contributed by atoms with E-state index in [0.717, 1.165) is 48.1 Å². The van der Waals surface area contributed by atoms with Gasteiger partial charge in [-0.05, 0) is 60.6 Å². The van der Waals surface area contributed by atoms with Gasteiger partial charge in [0.25, 0.3) is 5.91 Å². The van der Waals surface area contributed by atoms with Gasteiger partial charge in [0.1, 0.15) is 17.3 Å². The van der Waals surface area contributed by atoms with E-state index in [1.54, 1.807) is 31.4 Å². The number of ether oxygens (including phenoxy) is 1. The average Bonchev–Trinajstić information content (AvgIpc) is 3.01. The molecule has 3 aromatic rings. The van der Waals surface area contributed by atoms with Gasteiger partial charge in [0.15, 0.2) is 0 Å². The SMILES string of the molecule is COc1cccc2c1CCC(NC(=O)c1ccccc1)(C(=O)NC(Cc1ccccc1)C(=O)NC1CCCCC1)C2. The third kappa shape index (κ3) is 6.79. The minimum absolute atomic E-state index is 0.118. The van der Waals surface area contributed by atoms with Gasteiger partial charge in [-0.15, -0.1) is 0 Å². The van der Waals surface area contributed by atoms with Gasteiger partial charge in [0.2, 0.25) is 11.8 Å². The molecular formula is C34H39N3O4. The van der Waals surface area contributed by atoms with E-state index < -0.39 is 11.6 Å². The first-order valence-corrected chi connectivity index (χ1v) is 14.6. The molecule has 0 spiro atoms. The lowest BCUT2D eigenvalue weighted by atomic mass is 9.76. The highest BCUT2D eigenvalue weighted by molar-refractivity contribution is 6.00. The molecule has 1 saturated carbocycles. The Bertz CT molecular complexity index is 1350. The van der Waals surface area contributed by atoms with E-state index in [-0.39, 0.29) is 23.8 Å². The molecule has 41 heavy (non-hydrogen) atoms. The maximum atomic E-state index is 14.3. The molecule has 5 rings (SSSR count). The van der Waals surface area contributed by atoms with Gasteiger partial charge in [-0.1, -0.05) is 79.9 Å². The molecule has 2 aliphatic rings. The summed E-state index contributed by atoms with van der Waals surface area (Å²) < 4.78 is 5.59. The molecule has 0 radical (unpaired) electrons. The number of carbonyl (C=O) groups is 3. The van der Waals surface area contributed by atoms with E-state index >= 15 is 0 Å². The van der Waals surface area contributed by atoms with E-state index in [0.29, 0.717) is 31.2 Å². The minimum atomic E-state index is -1.23. The summed E-state index contributed by atoms with van der Waals surface area (Å²) in [4.78, 5) is 41.4. The van der Waals surface area contributed by atoms with Crippen molar-refractivity contribution in [2.24, 2.45) is 0 Å². The summed E-state index contributed by atoms with van der Waals surface area (Å²) in [5.41, 5.74) is 2.20. The Labute approximate surface area is 242 Å². The highest BCUT2D eigenvalue weighted by Crippen LogP contribution is 2.35. The van der Waals surface area contributed by atoms with Crippen molar-refractivity contribution in [3.05, 3.63) is 101 Å². The Kier molecular flexibility index (Phi) is 9.02. The predicted octanol–water partition coefficient (Wildman–Crippen LogP) is 4.53. The van der Waals surface area contributed by atoms with Gasteiger partial charge in [-0.3, -0.25) is 14.4 Å². The van der Waals surface area contributed by atoms with Crippen LogP contribution in [0.15, 0.2) is 78.9 Å². The lowest BCUT2D eigenvalue weighted by molar-refractivity contribution is -0.133. The number of hydrogen-bond acceptors (Lipinski definition) is 4. The summed E-state index contributed by atoms with van der Waals surface area (Å²) in [6, 6.07) is 23.8. The number of amides is 3. The normalized spacial score (nSPS) is 19.3. The summed E-state index contributed by atoms with van der Waals surface area (Å²) >= 11 is 0. The van der Waals surface area contributed by atoms with Crippen molar-refractivity contribution >= 4 is 17.7 Å². The Morgan fingerprint density at radius 3 is 2.32 bits per heavy atom. The van der Waals surface area contributed by atoms with E-state index in [1.807, 2.05) is 54.6 Å². The van der Waals surface area contributed by atoms with Crippen LogP contribution in [-0.2, 0) is 28.9 Å². The second kappa shape index (κ2) is 13.0. The first-order valence-electron chi connectivity index (χ1n) is 14.6. The second-order valence-corrected chi connectivity index (χ2v) is 11.2. The molecule has 214 valence electrons. The first kappa shape index (κ1) is 28.4. The maximum Gasteiger partial charge on any atom is 0.252 e. The molecule has 0 bridgehead atoms. The quantitative estimate of drug-likeness (QED) is 0.363. The number of carbonyl (C=O) groups excluding carboxylic acids is 3. The minimum Gasteiger partial charge on any atom is -0.496 e. The molecule has 2 aliphatic carbocycles. The zero-order valence-corrected chi connectivity index (χ0v) is 23.7. The van der Waals surface area contributed by atoms with Crippen molar-refractivity contribution < 1.29 is 19.1 Å². The van der Waals surface area contributed by atoms with E-state index in [2.05, 4.69) is 16.0 Å². The maximum absolute atomic E-state index is 14.3. The molecule has 7 nitrogen and oxygen atoms in total. The van der Waals surface area contributed by atoms with Gasteiger partial charge in [-0.2, -0.15) is 0 Å². The fourth-order valence-electron chi connectivity index (χ4n) is 6.14. The van der Waals surface area contributed by atoms with E-state index in [1.165, 1.54) is 6.42 Å². The molecular weight excluding hydrogens is 514 g/mol. The first-order chi connectivity index (χ1) is 20.0. The van der Waals surface area contributed by atoms with Crippen LogP contribution in [0.2, 0.25) is 0 Å². The third-order valence-corrected chi connectivity index (χ3v) is 8.42. The van der Waals surface area contributed by atoms with Crippen molar-refractivity contribution in [1.82, 2.24) is 16.0 Å². The van der Waals surface area contributed by atoms with E-state index in [9.17, 15) is 14.4 Å². The van der Waals surface area contributed by atoms with Crippen LogP contribution < -0.4 is 20.7 Å². The summed E-state index contributed by atoms with van der Waals surface area (Å²) in [5.74, 6) is -0.0791. The van der Waals surface area contributed by atoms with Gasteiger partial charge in [-0.25, -0.2) is 0 Å². The summed E-state index contributed by atoms with van der Waals surface area (Å²) in [6.07, 6.45) is 6.88. The highest BCUT2D eigenvalue weighted by atomic mass is 16.5. The average molecular weight is 554 g/mol. The standard InChI is InChI=1S/C34H39N3O4/c1-41-30-19-11-16-26-23-34(21-20-28(26)30,37-31(38)25-14-7-3-8-15-25)33(40)36-29(22-24-12-5-2-6-13-24)32(39)35-27-17-9-4-10-18-27/h2-3,5-8,11-16,19,27,29H,4,9-10,17-18,20-23H2,1H3,(H,35,39)(H,36,40)(H,37,38). The Morgan fingerprint density at radius 2 is 1.61 bits per heavy atom. The van der Waals surface area contributed by atoms with Crippen LogP contribution in [0.3, 0.4) is 0 Å². The van der Waals surface area contributed by atoms with Gasteiger partial charge >= 0.3 is 0 Å². The molecule has 0 heterocycles. The fourth-order valence-corrected chi connectivity index (χ4v) is 6.14. The van der Waals surface area contributed by atoms with Crippen LogP contribution in [-0.4, -0.2) is 42.5 Å². The summed E-state index contributed by atoms with van der Waals surface area (Å²) in [6.45, 7) is 0. The Balaban J connectivity index is 1.44. The lowest BCUT2D eigenvalue weighted by Gasteiger charge is -2.39. The number of fused-ring (bicyclic) bond motifs is 1. The van der Waals surface area contributed by atoms with Gasteiger partial charge < -0.3 is 20.7 Å². The topological polar surface area (TPSA) is 96.5 Å². The van der Waals surface area contributed by atoms with Crippen LogP contribution in [0.4, 0.5) is 0 Å². The van der Waals surface area contributed by atoms with Crippen molar-refractivity contribution in [2.45, 2.75) is 75.4 Å². The zero-order chi connectivity index (χ0) is 28.7. The molecule has 3 amide bonds. The molecule has 2 unspecified atom stereocenters. The predicted molar refractivity (Wildman–Crippen MR) is 159 cm³/mol. The molecule has 3 aromatic carbocycles. The van der Waals surface area contributed by atoms with E-state index in [4.69, 9.17) is 4.74 Å². The molecule has 7 heteroatoms. The number of methoxy groups -OCH3 is 1. The van der Waals surface area contributed by atoms with Crippen LogP contribution in [0.5, 0.6) is 5.75 Å². The summed E-state index contributed by atoms with van der Waals surface area (Å²) in [7, 11) is 1.64. The van der Waals surface area contributed by atoms with Gasteiger partial charge in [0, 0.05) is 24.4 Å². The van der Waals surface area contributed by atoms with Crippen molar-refractivity contribution in [2.75, 3.05) is 7.11 Å². The van der Waals surface area contributed by atoms with Crippen molar-refractivity contribution in [3.63, 3.8) is 0 Å². The third-order valence-electron chi connectivity index (χ3n) is 8.42. The molecule has 0 saturated heterocycles. The molecule has 3 N–H and O–H groups in total. The zero-order valence-electron chi connectivity index (χ0n) is 23.7. The number of rotatable bonds is 9. The fraction of sp³-hybridized carbons (Fsp3) is 0.382. The lowest BCUT2D eigenvalue weighted by Crippen LogP contribution is -2.64. The smallest absolute Gasteiger partial charge is 0.252 e. The van der Waals surface area contributed by atoms with Crippen LogP contribution >= 0.6 is 0 Å². The van der Waals surface area contributed by atoms with Crippen LogP contribution in [0.25, 0.3) is 0 Å².